The van der Waals surface area contributed by atoms with Crippen LogP contribution in [0.5, 0.6) is 0 Å². The van der Waals surface area contributed by atoms with Crippen LogP contribution >= 0.6 is 0 Å². The molecule has 1 N–H and O–H groups in total. The molecular formula is C9H15N5. The van der Waals surface area contributed by atoms with Crippen molar-refractivity contribution in [2.75, 3.05) is 13.6 Å². The van der Waals surface area contributed by atoms with Gasteiger partial charge in [-0.2, -0.15) is 0 Å². The molecule has 5 nitrogen and oxygen atoms in total. The summed E-state index contributed by atoms with van der Waals surface area (Å²) in [6.07, 6.45) is 6.50. The Kier molecular flexibility index (Phi) is 2.39. The van der Waals surface area contributed by atoms with Gasteiger partial charge in [-0.15, -0.1) is 0 Å². The molecular weight excluding hydrogens is 178 g/mol. The second-order valence-electron chi connectivity index (χ2n) is 3.37. The fourth-order valence-electron chi connectivity index (χ4n) is 1.61. The van der Waals surface area contributed by atoms with E-state index in [1.54, 1.807) is 6.34 Å². The molecule has 1 atom stereocenters. The van der Waals surface area contributed by atoms with Crippen LogP contribution in [0.3, 0.4) is 0 Å². The number of rotatable bonds is 3. The molecule has 0 spiro atoms. The monoisotopic (exact) mass is 193 g/mol. The first kappa shape index (κ1) is 9.05. The van der Waals surface area contributed by atoms with Crippen molar-refractivity contribution < 1.29 is 0 Å². The van der Waals surface area contributed by atoms with Crippen molar-refractivity contribution >= 4 is 12.6 Å². The van der Waals surface area contributed by atoms with E-state index < -0.39 is 0 Å². The summed E-state index contributed by atoms with van der Waals surface area (Å²) in [5.41, 5.74) is 3.07. The number of nitrogens with zero attached hydrogens (tertiary/aromatic N) is 4. The van der Waals surface area contributed by atoms with Crippen molar-refractivity contribution in [2.24, 2.45) is 9.98 Å². The van der Waals surface area contributed by atoms with Crippen LogP contribution in [0.2, 0.25) is 0 Å². The van der Waals surface area contributed by atoms with Gasteiger partial charge in [-0.25, -0.2) is 15.0 Å². The zero-order valence-corrected chi connectivity index (χ0v) is 8.51. The third-order valence-electron chi connectivity index (χ3n) is 2.28. The predicted octanol–water partition coefficient (Wildman–Crippen LogP) is 0.386. The van der Waals surface area contributed by atoms with E-state index in [1.165, 1.54) is 0 Å². The summed E-state index contributed by atoms with van der Waals surface area (Å²) in [6.45, 7) is 3.20. The predicted molar refractivity (Wildman–Crippen MR) is 56.8 cm³/mol. The van der Waals surface area contributed by atoms with Gasteiger partial charge in [0.05, 0.1) is 0 Å². The van der Waals surface area contributed by atoms with Gasteiger partial charge in [-0.3, -0.25) is 5.43 Å². The molecule has 2 heterocycles. The fraction of sp³-hybridized carbons (Fsp3) is 0.556. The van der Waals surface area contributed by atoms with Crippen LogP contribution in [0.4, 0.5) is 0 Å². The van der Waals surface area contributed by atoms with Crippen LogP contribution in [0.25, 0.3) is 0 Å². The molecule has 0 bridgehead atoms. The first-order valence-corrected chi connectivity index (χ1v) is 4.84. The van der Waals surface area contributed by atoms with Crippen molar-refractivity contribution in [3.05, 3.63) is 11.9 Å². The third kappa shape index (κ3) is 1.45. The highest BCUT2D eigenvalue weighted by atomic mass is 15.7. The lowest BCUT2D eigenvalue weighted by atomic mass is 10.4. The highest BCUT2D eigenvalue weighted by Gasteiger charge is 2.26. The van der Waals surface area contributed by atoms with Crippen molar-refractivity contribution in [2.45, 2.75) is 19.6 Å². The standard InChI is InChI=1S/C9H15N5/c1-3-6-13(2)8-4-5-10-9-11-7-12-14(8)9/h4-5,7,9H,3,6H2,1-2H3,(H,11,12). The minimum atomic E-state index is -0.116. The highest BCUT2D eigenvalue weighted by molar-refractivity contribution is 5.74. The van der Waals surface area contributed by atoms with Crippen LogP contribution in [-0.2, 0) is 0 Å². The van der Waals surface area contributed by atoms with E-state index >= 15 is 0 Å². The summed E-state index contributed by atoms with van der Waals surface area (Å²) in [7, 11) is 2.07. The van der Waals surface area contributed by atoms with Crippen LogP contribution in [-0.4, -0.2) is 42.3 Å². The molecule has 0 saturated heterocycles. The van der Waals surface area contributed by atoms with Gasteiger partial charge in [0.1, 0.15) is 12.2 Å². The Balaban J connectivity index is 2.11. The van der Waals surface area contributed by atoms with Gasteiger partial charge in [0.2, 0.25) is 6.29 Å². The topological polar surface area (TPSA) is 43.2 Å². The maximum Gasteiger partial charge on any atom is 0.236 e. The lowest BCUT2D eigenvalue weighted by molar-refractivity contribution is 0.176. The molecule has 0 aromatic rings. The number of aliphatic imine (C=N–C) groups is 2. The third-order valence-corrected chi connectivity index (χ3v) is 2.28. The number of hydrogen-bond acceptors (Lipinski definition) is 5. The molecule has 5 heteroatoms. The van der Waals surface area contributed by atoms with E-state index in [-0.39, 0.29) is 6.29 Å². The Labute approximate surface area is 83.8 Å². The van der Waals surface area contributed by atoms with Gasteiger partial charge in [0.25, 0.3) is 0 Å². The SMILES string of the molecule is CCCN(C)C1=CC=NC2N=CNN12. The van der Waals surface area contributed by atoms with Gasteiger partial charge < -0.3 is 4.90 Å². The molecule has 0 aromatic heterocycles. The van der Waals surface area contributed by atoms with Crippen molar-refractivity contribution in [1.82, 2.24) is 15.3 Å². The zero-order chi connectivity index (χ0) is 9.97. The number of hydrazine groups is 1. The fourth-order valence-corrected chi connectivity index (χ4v) is 1.61. The van der Waals surface area contributed by atoms with Crippen molar-refractivity contribution in [3.8, 4) is 0 Å². The molecule has 0 fully saturated rings. The van der Waals surface area contributed by atoms with Gasteiger partial charge in [0.15, 0.2) is 0 Å². The molecule has 0 saturated carbocycles. The lowest BCUT2D eigenvalue weighted by Crippen LogP contribution is -2.44. The maximum atomic E-state index is 4.22. The van der Waals surface area contributed by atoms with E-state index in [9.17, 15) is 0 Å². The Morgan fingerprint density at radius 3 is 3.21 bits per heavy atom. The summed E-state index contributed by atoms with van der Waals surface area (Å²) < 4.78 is 0. The Bertz CT molecular complexity index is 294. The van der Waals surface area contributed by atoms with E-state index in [4.69, 9.17) is 0 Å². The van der Waals surface area contributed by atoms with Crippen LogP contribution in [0.1, 0.15) is 13.3 Å². The minimum absolute atomic E-state index is 0.116. The molecule has 2 rings (SSSR count). The van der Waals surface area contributed by atoms with Gasteiger partial charge in [-0.05, 0) is 12.5 Å². The molecule has 14 heavy (non-hydrogen) atoms. The number of hydrogen-bond donors (Lipinski definition) is 1. The molecule has 1 unspecified atom stereocenters. The second-order valence-corrected chi connectivity index (χ2v) is 3.37. The average molecular weight is 193 g/mol. The van der Waals surface area contributed by atoms with Crippen molar-refractivity contribution in [1.29, 1.82) is 0 Å². The smallest absolute Gasteiger partial charge is 0.236 e. The zero-order valence-electron chi connectivity index (χ0n) is 8.51. The summed E-state index contributed by atoms with van der Waals surface area (Å²) in [5, 5.41) is 1.95. The van der Waals surface area contributed by atoms with Crippen molar-refractivity contribution in [3.63, 3.8) is 0 Å². The van der Waals surface area contributed by atoms with Gasteiger partial charge in [0, 0.05) is 19.8 Å². The summed E-state index contributed by atoms with van der Waals surface area (Å²) in [4.78, 5) is 10.6. The molecule has 0 radical (unpaired) electrons. The molecule has 2 aliphatic rings. The molecule has 0 aliphatic carbocycles. The quantitative estimate of drug-likeness (QED) is 0.705. The average Bonchev–Trinajstić information content (AvgIpc) is 2.65. The van der Waals surface area contributed by atoms with E-state index in [1.807, 2.05) is 17.3 Å². The van der Waals surface area contributed by atoms with E-state index in [0.717, 1.165) is 18.8 Å². The minimum Gasteiger partial charge on any atom is -0.360 e. The first-order valence-electron chi connectivity index (χ1n) is 4.84. The summed E-state index contributed by atoms with van der Waals surface area (Å²) in [6, 6.07) is 0. The largest absolute Gasteiger partial charge is 0.360 e. The lowest BCUT2D eigenvalue weighted by Gasteiger charge is -2.33. The van der Waals surface area contributed by atoms with E-state index in [0.29, 0.717) is 0 Å². The summed E-state index contributed by atoms with van der Waals surface area (Å²) >= 11 is 0. The number of fused-ring (bicyclic) bond motifs is 1. The summed E-state index contributed by atoms with van der Waals surface area (Å²) in [5.74, 6) is 1.12. The second kappa shape index (κ2) is 3.69. The van der Waals surface area contributed by atoms with Crippen LogP contribution in [0, 0.1) is 0 Å². The molecule has 0 amide bonds. The normalized spacial score (nSPS) is 23.1. The van der Waals surface area contributed by atoms with Gasteiger partial charge >= 0.3 is 0 Å². The number of nitrogens with one attached hydrogen (secondary N) is 1. The Hall–Kier alpha value is -1.52. The first-order chi connectivity index (χ1) is 6.83. The number of allylic oxidation sites excluding steroid dienone is 1. The van der Waals surface area contributed by atoms with E-state index in [2.05, 4.69) is 34.3 Å². The van der Waals surface area contributed by atoms with Crippen LogP contribution in [0.15, 0.2) is 21.9 Å². The van der Waals surface area contributed by atoms with Gasteiger partial charge in [-0.1, -0.05) is 6.92 Å². The van der Waals surface area contributed by atoms with Crippen LogP contribution < -0.4 is 5.43 Å². The Morgan fingerprint density at radius 1 is 1.57 bits per heavy atom. The highest BCUT2D eigenvalue weighted by Crippen LogP contribution is 2.17. The molecule has 0 aromatic carbocycles. The maximum absolute atomic E-state index is 4.22. The molecule has 2 aliphatic heterocycles. The Morgan fingerprint density at radius 2 is 2.43 bits per heavy atom. The molecule has 76 valence electrons.